The van der Waals surface area contributed by atoms with Crippen LogP contribution >= 0.6 is 15.9 Å². The number of hydrogen-bond donors (Lipinski definition) is 0. The van der Waals surface area contributed by atoms with Crippen LogP contribution in [0.25, 0.3) is 11.0 Å². The summed E-state index contributed by atoms with van der Waals surface area (Å²) in [6, 6.07) is 15.5. The van der Waals surface area contributed by atoms with Crippen LogP contribution in [0.15, 0.2) is 57.4 Å². The van der Waals surface area contributed by atoms with Crippen LogP contribution in [0.3, 0.4) is 0 Å². The largest absolute Gasteiger partial charge is 0.453 e. The molecule has 3 aromatic rings. The Morgan fingerprint density at radius 3 is 2.80 bits per heavy atom. The number of benzene rings is 2. The predicted octanol–water partition coefficient (Wildman–Crippen LogP) is 4.93. The highest BCUT2D eigenvalue weighted by Crippen LogP contribution is 2.22. The Labute approximate surface area is 125 Å². The summed E-state index contributed by atoms with van der Waals surface area (Å²) < 4.78 is 6.60. The fraction of sp³-hybridized carbons (Fsp3) is 0.118. The lowest BCUT2D eigenvalue weighted by Gasteiger charge is -1.99. The summed E-state index contributed by atoms with van der Waals surface area (Å²) in [5.41, 5.74) is 2.89. The van der Waals surface area contributed by atoms with Gasteiger partial charge in [0.15, 0.2) is 5.76 Å². The molecule has 3 rings (SSSR count). The van der Waals surface area contributed by atoms with Gasteiger partial charge in [0.2, 0.25) is 5.78 Å². The number of hydrogen-bond acceptors (Lipinski definition) is 2. The molecular weight excluding hydrogens is 316 g/mol. The van der Waals surface area contributed by atoms with E-state index in [9.17, 15) is 4.79 Å². The van der Waals surface area contributed by atoms with Crippen molar-refractivity contribution in [1.29, 1.82) is 0 Å². The molecule has 0 bridgehead atoms. The highest BCUT2D eigenvalue weighted by atomic mass is 79.9. The molecule has 0 atom stereocenters. The first-order valence-corrected chi connectivity index (χ1v) is 7.19. The van der Waals surface area contributed by atoms with Gasteiger partial charge in [0, 0.05) is 16.3 Å². The summed E-state index contributed by atoms with van der Waals surface area (Å²) in [7, 11) is 0. The Morgan fingerprint density at radius 2 is 2.00 bits per heavy atom. The molecule has 0 aliphatic carbocycles. The van der Waals surface area contributed by atoms with Crippen LogP contribution in [-0.2, 0) is 6.42 Å². The maximum absolute atomic E-state index is 12.3. The molecule has 0 radical (unpaired) electrons. The molecule has 100 valence electrons. The molecule has 0 saturated heterocycles. The average molecular weight is 329 g/mol. The number of halogens is 1. The van der Waals surface area contributed by atoms with Crippen LogP contribution in [0.5, 0.6) is 0 Å². The minimum Gasteiger partial charge on any atom is -0.453 e. The number of ketones is 1. The van der Waals surface area contributed by atoms with E-state index in [0.29, 0.717) is 12.2 Å². The molecule has 20 heavy (non-hydrogen) atoms. The van der Waals surface area contributed by atoms with E-state index in [1.807, 2.05) is 55.5 Å². The van der Waals surface area contributed by atoms with Crippen LogP contribution < -0.4 is 0 Å². The Kier molecular flexibility index (Phi) is 3.45. The molecule has 0 amide bonds. The molecule has 0 spiro atoms. The molecule has 0 saturated carbocycles. The van der Waals surface area contributed by atoms with Crippen molar-refractivity contribution in [3.63, 3.8) is 0 Å². The zero-order valence-corrected chi connectivity index (χ0v) is 12.6. The minimum absolute atomic E-state index is 0.00282. The average Bonchev–Trinajstić information content (AvgIpc) is 2.81. The fourth-order valence-electron chi connectivity index (χ4n) is 2.22. The summed E-state index contributed by atoms with van der Waals surface area (Å²) in [6.45, 7) is 2.02. The van der Waals surface area contributed by atoms with Crippen LogP contribution in [0.4, 0.5) is 0 Å². The van der Waals surface area contributed by atoms with Crippen LogP contribution in [-0.4, -0.2) is 5.78 Å². The first kappa shape index (κ1) is 13.1. The van der Waals surface area contributed by atoms with Crippen molar-refractivity contribution in [2.75, 3.05) is 0 Å². The van der Waals surface area contributed by atoms with Crippen molar-refractivity contribution in [3.8, 4) is 0 Å². The van der Waals surface area contributed by atoms with Crippen molar-refractivity contribution < 1.29 is 9.21 Å². The number of furan rings is 1. The maximum atomic E-state index is 12.3. The van der Waals surface area contributed by atoms with Gasteiger partial charge in [0.25, 0.3) is 0 Å². The fourth-order valence-corrected chi connectivity index (χ4v) is 2.67. The second-order valence-electron chi connectivity index (χ2n) is 4.88. The highest BCUT2D eigenvalue weighted by molar-refractivity contribution is 9.10. The zero-order chi connectivity index (χ0) is 14.1. The number of carbonyl (C=O) groups is 1. The van der Waals surface area contributed by atoms with E-state index < -0.39 is 0 Å². The molecule has 1 aromatic heterocycles. The molecule has 2 aromatic carbocycles. The third-order valence-corrected chi connectivity index (χ3v) is 3.69. The molecule has 1 heterocycles. The van der Waals surface area contributed by atoms with E-state index in [1.54, 1.807) is 0 Å². The van der Waals surface area contributed by atoms with Gasteiger partial charge in [-0.2, -0.15) is 0 Å². The molecule has 0 aliphatic heterocycles. The van der Waals surface area contributed by atoms with E-state index in [-0.39, 0.29) is 5.78 Å². The summed E-state index contributed by atoms with van der Waals surface area (Å²) in [4.78, 5) is 12.3. The SMILES string of the molecule is Cc1ccc2oc(C(=O)Cc3cccc(Br)c3)cc2c1. The first-order chi connectivity index (χ1) is 9.61. The third-order valence-electron chi connectivity index (χ3n) is 3.20. The van der Waals surface area contributed by atoms with Gasteiger partial charge in [-0.25, -0.2) is 0 Å². The lowest BCUT2D eigenvalue weighted by molar-refractivity contribution is 0.0968. The lowest BCUT2D eigenvalue weighted by atomic mass is 10.1. The summed E-state index contributed by atoms with van der Waals surface area (Å²) in [5, 5.41) is 0.975. The Hall–Kier alpha value is -1.87. The predicted molar refractivity (Wildman–Crippen MR) is 83.1 cm³/mol. The maximum Gasteiger partial charge on any atom is 0.202 e. The molecular formula is C17H13BrO2. The van der Waals surface area contributed by atoms with E-state index in [4.69, 9.17) is 4.42 Å². The second-order valence-corrected chi connectivity index (χ2v) is 5.80. The van der Waals surface area contributed by atoms with Gasteiger partial charge < -0.3 is 4.42 Å². The summed E-state index contributed by atoms with van der Waals surface area (Å²) in [6.07, 6.45) is 0.345. The van der Waals surface area contributed by atoms with Gasteiger partial charge >= 0.3 is 0 Å². The van der Waals surface area contributed by atoms with Crippen molar-refractivity contribution in [3.05, 3.63) is 69.9 Å². The Balaban J connectivity index is 1.88. The normalized spacial score (nSPS) is 10.9. The number of Topliss-reactive ketones (excluding diaryl/α,β-unsaturated/α-hetero) is 1. The topological polar surface area (TPSA) is 30.2 Å². The van der Waals surface area contributed by atoms with Crippen molar-refractivity contribution >= 4 is 32.7 Å². The van der Waals surface area contributed by atoms with Crippen LogP contribution in [0.1, 0.15) is 21.7 Å². The van der Waals surface area contributed by atoms with Crippen molar-refractivity contribution in [2.24, 2.45) is 0 Å². The van der Waals surface area contributed by atoms with Crippen LogP contribution in [0.2, 0.25) is 0 Å². The van der Waals surface area contributed by atoms with E-state index in [2.05, 4.69) is 15.9 Å². The highest BCUT2D eigenvalue weighted by Gasteiger charge is 2.13. The molecule has 0 aliphatic rings. The quantitative estimate of drug-likeness (QED) is 0.638. The van der Waals surface area contributed by atoms with E-state index in [1.165, 1.54) is 0 Å². The molecule has 0 fully saturated rings. The number of rotatable bonds is 3. The number of fused-ring (bicyclic) bond motifs is 1. The molecule has 0 N–H and O–H groups in total. The van der Waals surface area contributed by atoms with Crippen molar-refractivity contribution in [1.82, 2.24) is 0 Å². The number of aryl methyl sites for hydroxylation is 1. The Morgan fingerprint density at radius 1 is 1.15 bits per heavy atom. The van der Waals surface area contributed by atoms with Gasteiger partial charge in [-0.15, -0.1) is 0 Å². The Bertz CT molecular complexity index is 787. The molecule has 2 nitrogen and oxygen atoms in total. The summed E-state index contributed by atoms with van der Waals surface area (Å²) in [5.74, 6) is 0.419. The zero-order valence-electron chi connectivity index (χ0n) is 11.0. The van der Waals surface area contributed by atoms with Crippen molar-refractivity contribution in [2.45, 2.75) is 13.3 Å². The standard InChI is InChI=1S/C17H13BrO2/c1-11-5-6-16-13(7-11)10-17(20-16)15(19)9-12-3-2-4-14(18)8-12/h2-8,10H,9H2,1H3. The first-order valence-electron chi connectivity index (χ1n) is 6.40. The van der Waals surface area contributed by atoms with E-state index >= 15 is 0 Å². The monoisotopic (exact) mass is 328 g/mol. The minimum atomic E-state index is -0.00282. The number of carbonyl (C=O) groups excluding carboxylic acids is 1. The lowest BCUT2D eigenvalue weighted by Crippen LogP contribution is -2.01. The van der Waals surface area contributed by atoms with Gasteiger partial charge in [0.05, 0.1) is 0 Å². The van der Waals surface area contributed by atoms with Gasteiger partial charge in [-0.05, 0) is 42.8 Å². The van der Waals surface area contributed by atoms with Crippen LogP contribution in [0, 0.1) is 6.92 Å². The van der Waals surface area contributed by atoms with Gasteiger partial charge in [0.1, 0.15) is 5.58 Å². The summed E-state index contributed by atoms with van der Waals surface area (Å²) >= 11 is 3.41. The van der Waals surface area contributed by atoms with Gasteiger partial charge in [-0.1, -0.05) is 39.7 Å². The smallest absolute Gasteiger partial charge is 0.202 e. The van der Waals surface area contributed by atoms with Gasteiger partial charge in [-0.3, -0.25) is 4.79 Å². The van der Waals surface area contributed by atoms with E-state index in [0.717, 1.165) is 26.6 Å². The third kappa shape index (κ3) is 2.68. The second kappa shape index (κ2) is 5.25. The molecule has 0 unspecified atom stereocenters. The molecule has 3 heteroatoms.